The lowest BCUT2D eigenvalue weighted by atomic mass is 9.73. The van der Waals surface area contributed by atoms with Crippen molar-refractivity contribution in [3.63, 3.8) is 0 Å². The summed E-state index contributed by atoms with van der Waals surface area (Å²) in [5.74, 6) is -5.30. The third-order valence-corrected chi connectivity index (χ3v) is 11.5. The molecular weight excluding hydrogens is 659 g/mol. The maximum atomic E-state index is 14.6. The molecule has 284 valence electrons. The first kappa shape index (κ1) is 41.0. The number of alkyl halides is 3. The zero-order valence-corrected chi connectivity index (χ0v) is 30.9. The number of halogens is 3. The van der Waals surface area contributed by atoms with E-state index in [4.69, 9.17) is 11.5 Å². The summed E-state index contributed by atoms with van der Waals surface area (Å²) in [6.07, 6.45) is -3.90. The highest BCUT2D eigenvalue weighted by atomic mass is 19.4. The number of nitrogens with zero attached hydrogens (tertiary/aromatic N) is 1. The SMILES string of the molecule is CC(C)(N)C(=O)NC[C@@H](NC(=O)N[C@H](C(=O)N1C[C@]2(C[C@H]1C(=O)NC(CC(F)(F)F)C(=O)C(N)=O)C(C)(C)C21CCC1)C(C)(C)C)C(C)(C)C. The quantitative estimate of drug-likeness (QED) is 0.176. The number of primary amides is 1. The monoisotopic (exact) mass is 715 g/mol. The smallest absolute Gasteiger partial charge is 0.363 e. The standard InChI is InChI=1S/C34H56F3N7O6/c1-28(2,3)20(16-40-26(49)30(7,8)39)42-27(50)43-22(29(4,5)6)25(48)44-17-33(31(9,10)32(33)12-11-13-32)15-19(44)24(47)41-18(14-34(35,36)37)21(45)23(38)46/h18-20,22H,11-17,39H2,1-10H3,(H2,38,46)(H,40,49)(H,41,47)(H2,42,43,50)/t18?,19-,20+,22+,33+/m0/s1. The number of urea groups is 1. The molecular formula is C34H56F3N7O6. The van der Waals surface area contributed by atoms with E-state index in [1.807, 2.05) is 20.8 Å². The molecule has 5 atom stereocenters. The fourth-order valence-corrected chi connectivity index (χ4v) is 8.09. The number of carbonyl (C=O) groups excluding carboxylic acids is 6. The molecule has 16 heteroatoms. The van der Waals surface area contributed by atoms with Gasteiger partial charge in [-0.3, -0.25) is 24.0 Å². The lowest BCUT2D eigenvalue weighted by molar-refractivity contribution is -0.154. The molecule has 6 amide bonds. The maximum absolute atomic E-state index is 14.6. The van der Waals surface area contributed by atoms with Gasteiger partial charge in [-0.25, -0.2) is 4.79 Å². The van der Waals surface area contributed by atoms with Gasteiger partial charge in [0.25, 0.3) is 5.91 Å². The van der Waals surface area contributed by atoms with Crippen LogP contribution >= 0.6 is 0 Å². The van der Waals surface area contributed by atoms with Gasteiger partial charge in [0.2, 0.25) is 23.5 Å². The molecule has 0 aromatic carbocycles. The average Bonchev–Trinajstić information content (AvgIpc) is 3.13. The highest BCUT2D eigenvalue weighted by Crippen LogP contribution is 2.88. The van der Waals surface area contributed by atoms with Gasteiger partial charge < -0.3 is 37.6 Å². The minimum Gasteiger partial charge on any atom is -0.363 e. The largest absolute Gasteiger partial charge is 0.391 e. The van der Waals surface area contributed by atoms with E-state index < -0.39 is 94.0 Å². The van der Waals surface area contributed by atoms with Crippen LogP contribution in [0.3, 0.4) is 0 Å². The number of amides is 6. The Balaban J connectivity index is 1.93. The lowest BCUT2D eigenvalue weighted by Gasteiger charge is -2.37. The Bertz CT molecular complexity index is 1390. The van der Waals surface area contributed by atoms with Gasteiger partial charge in [0.1, 0.15) is 18.1 Å². The molecule has 1 heterocycles. The molecule has 0 aromatic rings. The zero-order chi connectivity index (χ0) is 38.6. The summed E-state index contributed by atoms with van der Waals surface area (Å²) in [7, 11) is 0. The number of Topliss-reactive ketones (excluding diaryl/α,β-unsaturated/α-hetero) is 1. The van der Waals surface area contributed by atoms with Crippen molar-refractivity contribution in [2.24, 2.45) is 38.5 Å². The molecule has 2 aliphatic carbocycles. The first-order valence-electron chi connectivity index (χ1n) is 17.1. The van der Waals surface area contributed by atoms with Crippen LogP contribution in [0.25, 0.3) is 0 Å². The van der Waals surface area contributed by atoms with Crippen molar-refractivity contribution in [3.8, 4) is 0 Å². The first-order valence-corrected chi connectivity index (χ1v) is 17.1. The fraction of sp³-hybridized carbons (Fsp3) is 0.824. The van der Waals surface area contributed by atoms with E-state index in [2.05, 4.69) is 35.1 Å². The Morgan fingerprint density at radius 3 is 1.82 bits per heavy atom. The molecule has 2 saturated carbocycles. The first-order chi connectivity index (χ1) is 22.4. The Hall–Kier alpha value is -3.43. The molecule has 1 unspecified atom stereocenters. The minimum absolute atomic E-state index is 0.0433. The third kappa shape index (κ3) is 7.89. The normalized spacial score (nSPS) is 24.4. The molecule has 0 aromatic heterocycles. The second-order valence-corrected chi connectivity index (χ2v) is 17.7. The number of rotatable bonds is 11. The predicted octanol–water partition coefficient (Wildman–Crippen LogP) is 2.26. The summed E-state index contributed by atoms with van der Waals surface area (Å²) in [5.41, 5.74) is 7.30. The fourth-order valence-electron chi connectivity index (χ4n) is 8.09. The zero-order valence-electron chi connectivity index (χ0n) is 30.9. The van der Waals surface area contributed by atoms with Crippen LogP contribution < -0.4 is 32.7 Å². The van der Waals surface area contributed by atoms with Gasteiger partial charge in [0, 0.05) is 18.5 Å². The van der Waals surface area contributed by atoms with Gasteiger partial charge in [-0.05, 0) is 54.8 Å². The van der Waals surface area contributed by atoms with E-state index in [1.165, 1.54) is 4.90 Å². The molecule has 3 rings (SSSR count). The van der Waals surface area contributed by atoms with Gasteiger partial charge in [0.05, 0.1) is 18.0 Å². The summed E-state index contributed by atoms with van der Waals surface area (Å²) in [6, 6.07) is -6.07. The number of fused-ring (bicyclic) bond motifs is 1. The van der Waals surface area contributed by atoms with Crippen LogP contribution in [0.1, 0.15) is 101 Å². The van der Waals surface area contributed by atoms with E-state index in [-0.39, 0.29) is 30.3 Å². The van der Waals surface area contributed by atoms with Gasteiger partial charge in [-0.2, -0.15) is 13.2 Å². The summed E-state index contributed by atoms with van der Waals surface area (Å²) in [5, 5.41) is 10.4. The van der Waals surface area contributed by atoms with Gasteiger partial charge in [-0.15, -0.1) is 0 Å². The van der Waals surface area contributed by atoms with Crippen LogP contribution in [0.15, 0.2) is 0 Å². The number of likely N-dealkylation sites (tertiary alicyclic amines) is 1. The average molecular weight is 716 g/mol. The molecule has 8 N–H and O–H groups in total. The number of ketones is 1. The Morgan fingerprint density at radius 2 is 1.42 bits per heavy atom. The van der Waals surface area contributed by atoms with Crippen molar-refractivity contribution in [2.75, 3.05) is 13.1 Å². The van der Waals surface area contributed by atoms with Crippen molar-refractivity contribution in [1.82, 2.24) is 26.2 Å². The van der Waals surface area contributed by atoms with E-state index >= 15 is 0 Å². The van der Waals surface area contributed by atoms with Gasteiger partial charge in [-0.1, -0.05) is 61.8 Å². The second-order valence-electron chi connectivity index (χ2n) is 17.7. The summed E-state index contributed by atoms with van der Waals surface area (Å²) >= 11 is 0. The van der Waals surface area contributed by atoms with Crippen molar-refractivity contribution >= 4 is 35.4 Å². The Kier molecular flexibility index (Phi) is 10.9. The van der Waals surface area contributed by atoms with Crippen LogP contribution in [-0.4, -0.2) is 89.3 Å². The van der Waals surface area contributed by atoms with E-state index in [0.29, 0.717) is 0 Å². The van der Waals surface area contributed by atoms with Crippen LogP contribution in [0.2, 0.25) is 0 Å². The molecule has 0 radical (unpaired) electrons. The number of nitrogens with two attached hydrogens (primary N) is 2. The molecule has 13 nitrogen and oxygen atoms in total. The summed E-state index contributed by atoms with van der Waals surface area (Å²) < 4.78 is 40.3. The Morgan fingerprint density at radius 1 is 0.860 bits per heavy atom. The second kappa shape index (κ2) is 13.3. The van der Waals surface area contributed by atoms with Crippen LogP contribution in [0.5, 0.6) is 0 Å². The molecule has 2 spiro atoms. The highest BCUT2D eigenvalue weighted by Gasteiger charge is 2.85. The molecule has 1 aliphatic heterocycles. The molecule has 0 bridgehead atoms. The van der Waals surface area contributed by atoms with Gasteiger partial charge in [0.15, 0.2) is 0 Å². The molecule has 3 fully saturated rings. The van der Waals surface area contributed by atoms with Gasteiger partial charge >= 0.3 is 12.2 Å². The van der Waals surface area contributed by atoms with Crippen molar-refractivity contribution in [2.45, 2.75) is 137 Å². The van der Waals surface area contributed by atoms with E-state index in [0.717, 1.165) is 19.3 Å². The molecule has 50 heavy (non-hydrogen) atoms. The van der Waals surface area contributed by atoms with Crippen molar-refractivity contribution in [3.05, 3.63) is 0 Å². The number of nitrogens with one attached hydrogen (secondary N) is 4. The number of hydrogen-bond acceptors (Lipinski definition) is 7. The minimum atomic E-state index is -4.91. The van der Waals surface area contributed by atoms with E-state index in [1.54, 1.807) is 34.6 Å². The summed E-state index contributed by atoms with van der Waals surface area (Å²) in [6.45, 7) is 18.1. The third-order valence-electron chi connectivity index (χ3n) is 11.5. The predicted molar refractivity (Wildman–Crippen MR) is 179 cm³/mol. The lowest BCUT2D eigenvalue weighted by Crippen LogP contribution is -2.62. The highest BCUT2D eigenvalue weighted by molar-refractivity contribution is 6.37. The van der Waals surface area contributed by atoms with Crippen LogP contribution in [-0.2, 0) is 24.0 Å². The molecule has 1 saturated heterocycles. The topological polar surface area (TPSA) is 206 Å². The van der Waals surface area contributed by atoms with Crippen LogP contribution in [0.4, 0.5) is 18.0 Å². The van der Waals surface area contributed by atoms with Crippen LogP contribution in [0, 0.1) is 27.1 Å². The molecule has 3 aliphatic rings. The summed E-state index contributed by atoms with van der Waals surface area (Å²) in [4.78, 5) is 79.7. The number of hydrogen-bond donors (Lipinski definition) is 6. The van der Waals surface area contributed by atoms with Crippen molar-refractivity contribution in [1.29, 1.82) is 0 Å². The van der Waals surface area contributed by atoms with Crippen molar-refractivity contribution < 1.29 is 41.9 Å². The van der Waals surface area contributed by atoms with E-state index in [9.17, 15) is 41.9 Å². The number of carbonyl (C=O) groups is 6. The maximum Gasteiger partial charge on any atom is 0.391 e. The Labute approximate surface area is 292 Å².